The minimum atomic E-state index is 0.561. The van der Waals surface area contributed by atoms with Crippen molar-refractivity contribution in [1.29, 1.82) is 0 Å². The Morgan fingerprint density at radius 3 is 2.81 bits per heavy atom. The Balaban J connectivity index is 2.50. The lowest BCUT2D eigenvalue weighted by molar-refractivity contribution is 0.709. The van der Waals surface area contributed by atoms with Gasteiger partial charge >= 0.3 is 0 Å². The van der Waals surface area contributed by atoms with Crippen molar-refractivity contribution in [3.8, 4) is 0 Å². The van der Waals surface area contributed by atoms with E-state index in [0.29, 0.717) is 12.0 Å². The standard InChI is InChI=1S/C14H22N2/c1-10(2)12-6-5-7-13-14(12)16(4)9-8-11(3)15-13/h5-7,10-11,15H,8-9H2,1-4H3. The number of rotatable bonds is 1. The number of anilines is 2. The molecule has 2 heteroatoms. The molecule has 16 heavy (non-hydrogen) atoms. The smallest absolute Gasteiger partial charge is 0.0634 e. The largest absolute Gasteiger partial charge is 0.381 e. The molecule has 1 N–H and O–H groups in total. The van der Waals surface area contributed by atoms with E-state index in [0.717, 1.165) is 6.54 Å². The third-order valence-electron chi connectivity index (χ3n) is 3.37. The molecule has 2 rings (SSSR count). The molecule has 0 saturated carbocycles. The lowest BCUT2D eigenvalue weighted by atomic mass is 9.99. The van der Waals surface area contributed by atoms with Gasteiger partial charge in [-0.3, -0.25) is 0 Å². The molecule has 1 aromatic carbocycles. The molecule has 0 radical (unpaired) electrons. The maximum absolute atomic E-state index is 3.61. The second-order valence-corrected chi connectivity index (χ2v) is 5.15. The summed E-state index contributed by atoms with van der Waals surface area (Å²) < 4.78 is 0. The van der Waals surface area contributed by atoms with E-state index < -0.39 is 0 Å². The SMILES string of the molecule is CC1CCN(C)c2c(cccc2C(C)C)N1. The van der Waals surface area contributed by atoms with Gasteiger partial charge in [0.2, 0.25) is 0 Å². The maximum atomic E-state index is 3.61. The fraction of sp³-hybridized carbons (Fsp3) is 0.571. The van der Waals surface area contributed by atoms with Gasteiger partial charge < -0.3 is 10.2 Å². The highest BCUT2D eigenvalue weighted by molar-refractivity contribution is 5.75. The van der Waals surface area contributed by atoms with Gasteiger partial charge in [0.05, 0.1) is 11.4 Å². The molecular weight excluding hydrogens is 196 g/mol. The quantitative estimate of drug-likeness (QED) is 0.776. The molecule has 0 aliphatic carbocycles. The molecule has 0 bridgehead atoms. The van der Waals surface area contributed by atoms with E-state index in [4.69, 9.17) is 0 Å². The Morgan fingerprint density at radius 2 is 2.12 bits per heavy atom. The summed E-state index contributed by atoms with van der Waals surface area (Å²) in [4.78, 5) is 2.39. The molecule has 0 amide bonds. The summed E-state index contributed by atoms with van der Waals surface area (Å²) in [5.41, 5.74) is 4.13. The monoisotopic (exact) mass is 218 g/mol. The molecular formula is C14H22N2. The number of hydrogen-bond acceptors (Lipinski definition) is 2. The average molecular weight is 218 g/mol. The average Bonchev–Trinajstić information content (AvgIpc) is 2.38. The Morgan fingerprint density at radius 1 is 1.38 bits per heavy atom. The number of hydrogen-bond donors (Lipinski definition) is 1. The van der Waals surface area contributed by atoms with Crippen molar-refractivity contribution in [3.63, 3.8) is 0 Å². The summed E-state index contributed by atoms with van der Waals surface area (Å²) in [6.45, 7) is 7.91. The minimum Gasteiger partial charge on any atom is -0.381 e. The van der Waals surface area contributed by atoms with E-state index >= 15 is 0 Å². The van der Waals surface area contributed by atoms with Crippen LogP contribution in [0.15, 0.2) is 18.2 Å². The van der Waals surface area contributed by atoms with Gasteiger partial charge in [0.15, 0.2) is 0 Å². The van der Waals surface area contributed by atoms with Crippen LogP contribution < -0.4 is 10.2 Å². The predicted octanol–water partition coefficient (Wildman–Crippen LogP) is 3.45. The summed E-state index contributed by atoms with van der Waals surface area (Å²) in [7, 11) is 2.20. The summed E-state index contributed by atoms with van der Waals surface area (Å²) in [5.74, 6) is 0.576. The van der Waals surface area contributed by atoms with E-state index in [1.54, 1.807) is 0 Å². The van der Waals surface area contributed by atoms with Crippen LogP contribution >= 0.6 is 0 Å². The lowest BCUT2D eigenvalue weighted by Crippen LogP contribution is -2.20. The van der Waals surface area contributed by atoms with E-state index in [1.807, 2.05) is 0 Å². The summed E-state index contributed by atoms with van der Waals surface area (Å²) in [6, 6.07) is 7.16. The molecule has 88 valence electrons. The van der Waals surface area contributed by atoms with Crippen LogP contribution in [0.5, 0.6) is 0 Å². The second kappa shape index (κ2) is 4.36. The fourth-order valence-corrected chi connectivity index (χ4v) is 2.41. The first kappa shape index (κ1) is 11.3. The lowest BCUT2D eigenvalue weighted by Gasteiger charge is -2.24. The van der Waals surface area contributed by atoms with Gasteiger partial charge in [-0.2, -0.15) is 0 Å². The Hall–Kier alpha value is -1.18. The fourth-order valence-electron chi connectivity index (χ4n) is 2.41. The maximum Gasteiger partial charge on any atom is 0.0634 e. The number of benzene rings is 1. The highest BCUT2D eigenvalue weighted by Gasteiger charge is 2.19. The number of para-hydroxylation sites is 1. The third kappa shape index (κ3) is 2.01. The minimum absolute atomic E-state index is 0.561. The molecule has 1 aliphatic rings. The van der Waals surface area contributed by atoms with Crippen molar-refractivity contribution in [2.75, 3.05) is 23.8 Å². The molecule has 1 heterocycles. The number of nitrogens with zero attached hydrogens (tertiary/aromatic N) is 1. The first-order chi connectivity index (χ1) is 7.59. The van der Waals surface area contributed by atoms with Gasteiger partial charge in [0.25, 0.3) is 0 Å². The van der Waals surface area contributed by atoms with Gasteiger partial charge in [-0.15, -0.1) is 0 Å². The van der Waals surface area contributed by atoms with Crippen LogP contribution in [-0.4, -0.2) is 19.6 Å². The van der Waals surface area contributed by atoms with Crippen LogP contribution in [0.3, 0.4) is 0 Å². The normalized spacial score (nSPS) is 20.3. The molecule has 1 atom stereocenters. The van der Waals surface area contributed by atoms with Gasteiger partial charge in [-0.05, 0) is 30.9 Å². The van der Waals surface area contributed by atoms with Crippen LogP contribution in [0.4, 0.5) is 11.4 Å². The molecule has 0 spiro atoms. The van der Waals surface area contributed by atoms with E-state index in [2.05, 4.69) is 56.2 Å². The van der Waals surface area contributed by atoms with Crippen LogP contribution in [-0.2, 0) is 0 Å². The molecule has 1 aliphatic heterocycles. The van der Waals surface area contributed by atoms with Gasteiger partial charge in [0.1, 0.15) is 0 Å². The number of fused-ring (bicyclic) bond motifs is 1. The van der Waals surface area contributed by atoms with Crippen molar-refractivity contribution in [3.05, 3.63) is 23.8 Å². The van der Waals surface area contributed by atoms with Gasteiger partial charge in [0, 0.05) is 19.6 Å². The van der Waals surface area contributed by atoms with Crippen LogP contribution in [0.1, 0.15) is 38.7 Å². The Labute approximate surface area is 98.7 Å². The Kier molecular flexibility index (Phi) is 3.08. The summed E-state index contributed by atoms with van der Waals surface area (Å²) >= 11 is 0. The van der Waals surface area contributed by atoms with Crippen molar-refractivity contribution in [1.82, 2.24) is 0 Å². The highest BCUT2D eigenvalue weighted by atomic mass is 15.1. The predicted molar refractivity (Wildman–Crippen MR) is 71.5 cm³/mol. The second-order valence-electron chi connectivity index (χ2n) is 5.15. The first-order valence-electron chi connectivity index (χ1n) is 6.20. The molecule has 1 aromatic rings. The zero-order valence-electron chi connectivity index (χ0n) is 10.7. The summed E-state index contributed by atoms with van der Waals surface area (Å²) in [6.07, 6.45) is 1.20. The first-order valence-corrected chi connectivity index (χ1v) is 6.20. The van der Waals surface area contributed by atoms with Crippen LogP contribution in [0.2, 0.25) is 0 Å². The van der Waals surface area contributed by atoms with Crippen LogP contribution in [0.25, 0.3) is 0 Å². The zero-order chi connectivity index (χ0) is 11.7. The van der Waals surface area contributed by atoms with Crippen molar-refractivity contribution < 1.29 is 0 Å². The molecule has 2 nitrogen and oxygen atoms in total. The number of nitrogens with one attached hydrogen (secondary N) is 1. The summed E-state index contributed by atoms with van der Waals surface area (Å²) in [5, 5.41) is 3.61. The van der Waals surface area contributed by atoms with Gasteiger partial charge in [-0.25, -0.2) is 0 Å². The van der Waals surface area contributed by atoms with Crippen molar-refractivity contribution in [2.24, 2.45) is 0 Å². The van der Waals surface area contributed by atoms with E-state index in [-0.39, 0.29) is 0 Å². The van der Waals surface area contributed by atoms with Crippen molar-refractivity contribution >= 4 is 11.4 Å². The molecule has 0 aromatic heterocycles. The Bertz CT molecular complexity index is 371. The van der Waals surface area contributed by atoms with E-state index in [1.165, 1.54) is 23.4 Å². The topological polar surface area (TPSA) is 15.3 Å². The van der Waals surface area contributed by atoms with Gasteiger partial charge in [-0.1, -0.05) is 26.0 Å². The molecule has 0 fully saturated rings. The third-order valence-corrected chi connectivity index (χ3v) is 3.37. The van der Waals surface area contributed by atoms with E-state index in [9.17, 15) is 0 Å². The van der Waals surface area contributed by atoms with Crippen molar-refractivity contribution in [2.45, 2.75) is 39.2 Å². The molecule has 0 saturated heterocycles. The zero-order valence-corrected chi connectivity index (χ0v) is 10.7. The van der Waals surface area contributed by atoms with Crippen LogP contribution in [0, 0.1) is 0 Å². The molecule has 1 unspecified atom stereocenters. The highest BCUT2D eigenvalue weighted by Crippen LogP contribution is 2.36.